The molecule has 7 nitrogen and oxygen atoms in total. The fraction of sp³-hybridized carbons (Fsp3) is 0.632. The standard InChI is InChI=1S/C19H26N4O3/c1-2-19-13-22(10-11-23(19)18(25)26-14-19)16-5-8-21(9-6-16)17(24)15-4-3-7-20-12-15/h3-4,7,12,16H,2,5-6,8-11,13-14H2,1H3. The van der Waals surface area contributed by atoms with E-state index >= 15 is 0 Å². The third-order valence-corrected chi connectivity index (χ3v) is 6.20. The third kappa shape index (κ3) is 2.94. The number of hydrogen-bond donors (Lipinski definition) is 0. The van der Waals surface area contributed by atoms with Gasteiger partial charge < -0.3 is 9.64 Å². The van der Waals surface area contributed by atoms with Crippen molar-refractivity contribution in [2.75, 3.05) is 39.3 Å². The summed E-state index contributed by atoms with van der Waals surface area (Å²) in [5.41, 5.74) is 0.490. The number of carbonyl (C=O) groups is 2. The van der Waals surface area contributed by atoms with Crippen LogP contribution in [0.3, 0.4) is 0 Å². The Hall–Kier alpha value is -2.15. The van der Waals surface area contributed by atoms with Crippen molar-refractivity contribution in [2.24, 2.45) is 0 Å². The van der Waals surface area contributed by atoms with Gasteiger partial charge in [0.25, 0.3) is 5.91 Å². The number of pyridine rings is 1. The first-order valence-electron chi connectivity index (χ1n) is 9.51. The van der Waals surface area contributed by atoms with Gasteiger partial charge in [0.05, 0.1) is 11.1 Å². The van der Waals surface area contributed by atoms with E-state index in [9.17, 15) is 9.59 Å². The van der Waals surface area contributed by atoms with Crippen LogP contribution in [-0.4, -0.2) is 82.6 Å². The second-order valence-electron chi connectivity index (χ2n) is 7.52. The van der Waals surface area contributed by atoms with Crippen LogP contribution in [-0.2, 0) is 4.74 Å². The number of rotatable bonds is 3. The highest BCUT2D eigenvalue weighted by molar-refractivity contribution is 5.93. The zero-order valence-corrected chi connectivity index (χ0v) is 15.3. The van der Waals surface area contributed by atoms with Crippen LogP contribution in [0.15, 0.2) is 24.5 Å². The molecule has 1 atom stereocenters. The van der Waals surface area contributed by atoms with E-state index in [2.05, 4.69) is 16.8 Å². The predicted octanol–water partition coefficient (Wildman–Crippen LogP) is 1.60. The first-order chi connectivity index (χ1) is 12.6. The van der Waals surface area contributed by atoms with Crippen LogP contribution in [0.2, 0.25) is 0 Å². The Morgan fingerprint density at radius 3 is 2.81 bits per heavy atom. The zero-order chi connectivity index (χ0) is 18.1. The quantitative estimate of drug-likeness (QED) is 0.821. The van der Waals surface area contributed by atoms with Gasteiger partial charge in [-0.25, -0.2) is 4.79 Å². The highest BCUT2D eigenvalue weighted by Gasteiger charge is 2.50. The molecule has 3 fully saturated rings. The Balaban J connectivity index is 1.37. The number of piperidine rings is 1. The minimum atomic E-state index is -0.169. The molecule has 3 aliphatic heterocycles. The molecule has 7 heteroatoms. The van der Waals surface area contributed by atoms with Gasteiger partial charge in [-0.1, -0.05) is 6.92 Å². The first-order valence-corrected chi connectivity index (χ1v) is 9.51. The summed E-state index contributed by atoms with van der Waals surface area (Å²) in [5.74, 6) is 0.0705. The van der Waals surface area contributed by atoms with Gasteiger partial charge >= 0.3 is 6.09 Å². The average molecular weight is 358 g/mol. The lowest BCUT2D eigenvalue weighted by Gasteiger charge is -2.48. The summed E-state index contributed by atoms with van der Waals surface area (Å²) in [5, 5.41) is 0. The lowest BCUT2D eigenvalue weighted by Crippen LogP contribution is -2.63. The van der Waals surface area contributed by atoms with Crippen molar-refractivity contribution in [2.45, 2.75) is 37.8 Å². The van der Waals surface area contributed by atoms with Crippen molar-refractivity contribution in [3.8, 4) is 0 Å². The molecule has 140 valence electrons. The highest BCUT2D eigenvalue weighted by Crippen LogP contribution is 2.33. The minimum absolute atomic E-state index is 0.0705. The summed E-state index contributed by atoms with van der Waals surface area (Å²) in [7, 11) is 0. The van der Waals surface area contributed by atoms with E-state index in [0.717, 1.165) is 52.0 Å². The van der Waals surface area contributed by atoms with E-state index in [1.54, 1.807) is 18.5 Å². The zero-order valence-electron chi connectivity index (χ0n) is 15.3. The SMILES string of the molecule is CCC12COC(=O)N1CCN(C1CCN(C(=O)c3cccnc3)CC1)C2. The van der Waals surface area contributed by atoms with E-state index in [0.29, 0.717) is 18.2 Å². The second-order valence-corrected chi connectivity index (χ2v) is 7.52. The molecule has 2 amide bonds. The molecule has 4 rings (SSSR count). The third-order valence-electron chi connectivity index (χ3n) is 6.20. The van der Waals surface area contributed by atoms with Crippen LogP contribution in [0, 0.1) is 0 Å². The topological polar surface area (TPSA) is 66.0 Å². The molecule has 0 radical (unpaired) electrons. The maximum Gasteiger partial charge on any atom is 0.410 e. The normalized spacial score (nSPS) is 27.3. The second kappa shape index (κ2) is 6.87. The van der Waals surface area contributed by atoms with Crippen LogP contribution >= 0.6 is 0 Å². The Kier molecular flexibility index (Phi) is 4.56. The van der Waals surface area contributed by atoms with Gasteiger partial charge in [-0.15, -0.1) is 0 Å². The predicted molar refractivity (Wildman–Crippen MR) is 95.8 cm³/mol. The Labute approximate surface area is 153 Å². The number of carbonyl (C=O) groups excluding carboxylic acids is 2. The molecule has 0 aromatic carbocycles. The number of aromatic nitrogens is 1. The van der Waals surface area contributed by atoms with Crippen molar-refractivity contribution in [3.63, 3.8) is 0 Å². The maximum absolute atomic E-state index is 12.6. The van der Waals surface area contributed by atoms with Crippen molar-refractivity contribution in [1.82, 2.24) is 19.7 Å². The van der Waals surface area contributed by atoms with E-state index in [1.807, 2.05) is 15.9 Å². The van der Waals surface area contributed by atoms with Gasteiger partial charge in [0, 0.05) is 51.2 Å². The lowest BCUT2D eigenvalue weighted by atomic mass is 9.90. The minimum Gasteiger partial charge on any atom is -0.447 e. The Morgan fingerprint density at radius 1 is 1.31 bits per heavy atom. The number of hydrogen-bond acceptors (Lipinski definition) is 5. The largest absolute Gasteiger partial charge is 0.447 e. The van der Waals surface area contributed by atoms with Crippen LogP contribution in [0.5, 0.6) is 0 Å². The van der Waals surface area contributed by atoms with Gasteiger partial charge in [-0.2, -0.15) is 0 Å². The van der Waals surface area contributed by atoms with Crippen LogP contribution in [0.25, 0.3) is 0 Å². The van der Waals surface area contributed by atoms with Crippen LogP contribution in [0.4, 0.5) is 4.79 Å². The summed E-state index contributed by atoms with van der Waals surface area (Å²) in [6, 6.07) is 4.09. The first kappa shape index (κ1) is 17.3. The average Bonchev–Trinajstić information content (AvgIpc) is 3.05. The fourth-order valence-corrected chi connectivity index (χ4v) is 4.51. The van der Waals surface area contributed by atoms with E-state index in [-0.39, 0.29) is 17.5 Å². The maximum atomic E-state index is 12.6. The molecule has 3 saturated heterocycles. The van der Waals surface area contributed by atoms with E-state index < -0.39 is 0 Å². The van der Waals surface area contributed by atoms with Gasteiger partial charge in [0.15, 0.2) is 0 Å². The fourth-order valence-electron chi connectivity index (χ4n) is 4.51. The number of likely N-dealkylation sites (tertiary alicyclic amines) is 1. The molecule has 1 aromatic heterocycles. The highest BCUT2D eigenvalue weighted by atomic mass is 16.6. The number of amides is 2. The smallest absolute Gasteiger partial charge is 0.410 e. The van der Waals surface area contributed by atoms with Crippen molar-refractivity contribution in [3.05, 3.63) is 30.1 Å². The van der Waals surface area contributed by atoms with Gasteiger partial charge in [-0.3, -0.25) is 19.6 Å². The number of cyclic esters (lactones) is 1. The molecule has 0 spiro atoms. The molecule has 0 bridgehead atoms. The lowest BCUT2D eigenvalue weighted by molar-refractivity contribution is 0.00726. The van der Waals surface area contributed by atoms with Crippen molar-refractivity contribution >= 4 is 12.0 Å². The summed E-state index contributed by atoms with van der Waals surface area (Å²) in [6.07, 6.45) is 6.01. The van der Waals surface area contributed by atoms with Gasteiger partial charge in [0.2, 0.25) is 0 Å². The number of piperazine rings is 1. The van der Waals surface area contributed by atoms with E-state index in [1.165, 1.54) is 0 Å². The molecule has 0 N–H and O–H groups in total. The summed E-state index contributed by atoms with van der Waals surface area (Å²) >= 11 is 0. The van der Waals surface area contributed by atoms with Crippen molar-refractivity contribution in [1.29, 1.82) is 0 Å². The molecule has 1 unspecified atom stereocenters. The summed E-state index contributed by atoms with van der Waals surface area (Å²) < 4.78 is 5.33. The summed E-state index contributed by atoms with van der Waals surface area (Å²) in [4.78, 5) is 34.9. The number of nitrogens with zero attached hydrogens (tertiary/aromatic N) is 4. The monoisotopic (exact) mass is 358 g/mol. The van der Waals surface area contributed by atoms with Crippen molar-refractivity contribution < 1.29 is 14.3 Å². The Morgan fingerprint density at radius 2 is 2.12 bits per heavy atom. The Bertz CT molecular complexity index is 675. The molecule has 0 aliphatic carbocycles. The number of fused-ring (bicyclic) bond motifs is 1. The van der Waals surface area contributed by atoms with Crippen LogP contribution < -0.4 is 0 Å². The number of ether oxygens (including phenoxy) is 1. The molecule has 4 heterocycles. The molecular formula is C19H26N4O3. The molecule has 3 aliphatic rings. The molecule has 1 aromatic rings. The van der Waals surface area contributed by atoms with Crippen LogP contribution in [0.1, 0.15) is 36.5 Å². The van der Waals surface area contributed by atoms with E-state index in [4.69, 9.17) is 4.74 Å². The van der Waals surface area contributed by atoms with Gasteiger partial charge in [-0.05, 0) is 31.4 Å². The summed E-state index contributed by atoms with van der Waals surface area (Å²) in [6.45, 7) is 6.67. The molecule has 0 saturated carbocycles. The van der Waals surface area contributed by atoms with Gasteiger partial charge in [0.1, 0.15) is 6.61 Å². The molecule has 26 heavy (non-hydrogen) atoms. The molecular weight excluding hydrogens is 332 g/mol.